The van der Waals surface area contributed by atoms with E-state index >= 15 is 0 Å². The predicted molar refractivity (Wildman–Crippen MR) is 74.0 cm³/mol. The Morgan fingerprint density at radius 2 is 1.95 bits per heavy atom. The fourth-order valence-electron chi connectivity index (χ4n) is 1.98. The monoisotopic (exact) mass is 260 g/mol. The number of hydrogen-bond donors (Lipinski definition) is 2. The molecule has 0 saturated heterocycles. The van der Waals surface area contributed by atoms with Gasteiger partial charge < -0.3 is 10.6 Å². The second-order valence-electron chi connectivity index (χ2n) is 5.18. The third-order valence-corrected chi connectivity index (χ3v) is 3.65. The lowest BCUT2D eigenvalue weighted by molar-refractivity contribution is -0.121. The Morgan fingerprint density at radius 1 is 1.21 bits per heavy atom. The predicted octanol–water partition coefficient (Wildman–Crippen LogP) is 1.70. The van der Waals surface area contributed by atoms with Crippen LogP contribution in [0.25, 0.3) is 0 Å². The summed E-state index contributed by atoms with van der Waals surface area (Å²) in [5.41, 5.74) is 2.82. The van der Waals surface area contributed by atoms with Gasteiger partial charge in [-0.3, -0.25) is 9.59 Å². The molecule has 0 atom stereocenters. The number of aryl methyl sites for hydroxylation is 2. The molecule has 2 N–H and O–H groups in total. The van der Waals surface area contributed by atoms with Crippen LogP contribution in [0.5, 0.6) is 0 Å². The average Bonchev–Trinajstić information content (AvgIpc) is 2.34. The summed E-state index contributed by atoms with van der Waals surface area (Å²) < 4.78 is 0. The van der Waals surface area contributed by atoms with Crippen molar-refractivity contribution in [1.82, 2.24) is 10.6 Å². The normalized spacial score (nSPS) is 14.6. The van der Waals surface area contributed by atoms with Gasteiger partial charge in [0.1, 0.15) is 0 Å². The van der Waals surface area contributed by atoms with Gasteiger partial charge >= 0.3 is 0 Å². The highest BCUT2D eigenvalue weighted by atomic mass is 16.2. The van der Waals surface area contributed by atoms with Crippen molar-refractivity contribution in [1.29, 1.82) is 0 Å². The quantitative estimate of drug-likeness (QED) is 0.865. The number of hydrogen-bond acceptors (Lipinski definition) is 2. The SMILES string of the molecule is Cc1ccc(C(=O)NCC(=O)NC2CCC2)cc1C. The maximum absolute atomic E-state index is 11.9. The van der Waals surface area contributed by atoms with E-state index in [1.54, 1.807) is 6.07 Å². The van der Waals surface area contributed by atoms with Crippen molar-refractivity contribution in [2.45, 2.75) is 39.2 Å². The Bertz CT molecular complexity index is 493. The molecule has 0 heterocycles. The molecule has 1 aliphatic carbocycles. The Labute approximate surface area is 113 Å². The van der Waals surface area contributed by atoms with Gasteiger partial charge in [-0.1, -0.05) is 6.07 Å². The van der Waals surface area contributed by atoms with Gasteiger partial charge in [0.2, 0.25) is 5.91 Å². The summed E-state index contributed by atoms with van der Waals surface area (Å²) in [6.45, 7) is 4.01. The molecule has 0 spiro atoms. The number of nitrogens with one attached hydrogen (secondary N) is 2. The Morgan fingerprint density at radius 3 is 2.53 bits per heavy atom. The summed E-state index contributed by atoms with van der Waals surface area (Å²) in [5, 5.41) is 5.54. The van der Waals surface area contributed by atoms with Crippen molar-refractivity contribution in [3.05, 3.63) is 34.9 Å². The molecule has 1 aromatic carbocycles. The van der Waals surface area contributed by atoms with Crippen molar-refractivity contribution in [3.63, 3.8) is 0 Å². The van der Waals surface area contributed by atoms with Gasteiger partial charge in [-0.25, -0.2) is 0 Å². The molecule has 0 aromatic heterocycles. The van der Waals surface area contributed by atoms with Crippen LogP contribution in [0.15, 0.2) is 18.2 Å². The highest BCUT2D eigenvalue weighted by Gasteiger charge is 2.19. The van der Waals surface area contributed by atoms with Crippen LogP contribution in [-0.2, 0) is 4.79 Å². The lowest BCUT2D eigenvalue weighted by atomic mass is 9.93. The van der Waals surface area contributed by atoms with Gasteiger partial charge in [-0.05, 0) is 56.4 Å². The summed E-state index contributed by atoms with van der Waals surface area (Å²) in [6, 6.07) is 5.85. The number of amides is 2. The molecule has 0 unspecified atom stereocenters. The first kappa shape index (κ1) is 13.6. The third-order valence-electron chi connectivity index (χ3n) is 3.65. The van der Waals surface area contributed by atoms with Crippen molar-refractivity contribution >= 4 is 11.8 Å². The fourth-order valence-corrected chi connectivity index (χ4v) is 1.98. The minimum atomic E-state index is -0.202. The first-order valence-corrected chi connectivity index (χ1v) is 6.71. The first-order chi connectivity index (χ1) is 9.06. The van der Waals surface area contributed by atoms with Crippen LogP contribution in [0, 0.1) is 13.8 Å². The standard InChI is InChI=1S/C15H20N2O2/c1-10-6-7-12(8-11(10)2)15(19)16-9-14(18)17-13-4-3-5-13/h6-8,13H,3-5,9H2,1-2H3,(H,16,19)(H,17,18). The molecular weight excluding hydrogens is 240 g/mol. The maximum Gasteiger partial charge on any atom is 0.251 e. The second kappa shape index (κ2) is 5.87. The summed E-state index contributed by atoms with van der Waals surface area (Å²) in [4.78, 5) is 23.5. The van der Waals surface area contributed by atoms with Gasteiger partial charge in [-0.15, -0.1) is 0 Å². The van der Waals surface area contributed by atoms with Crippen LogP contribution in [0.1, 0.15) is 40.7 Å². The number of benzene rings is 1. The van der Waals surface area contributed by atoms with E-state index in [0.29, 0.717) is 11.6 Å². The summed E-state index contributed by atoms with van der Waals surface area (Å²) in [6.07, 6.45) is 3.29. The second-order valence-corrected chi connectivity index (χ2v) is 5.18. The van der Waals surface area contributed by atoms with Crippen LogP contribution in [0.4, 0.5) is 0 Å². The molecular formula is C15H20N2O2. The molecule has 4 heteroatoms. The average molecular weight is 260 g/mol. The van der Waals surface area contributed by atoms with E-state index < -0.39 is 0 Å². The largest absolute Gasteiger partial charge is 0.352 e. The molecule has 0 aliphatic heterocycles. The first-order valence-electron chi connectivity index (χ1n) is 6.71. The summed E-state index contributed by atoms with van der Waals surface area (Å²) in [5.74, 6) is -0.311. The molecule has 4 nitrogen and oxygen atoms in total. The van der Waals surface area contributed by atoms with Gasteiger partial charge in [0, 0.05) is 11.6 Å². The van der Waals surface area contributed by atoms with E-state index in [1.165, 1.54) is 6.42 Å². The van der Waals surface area contributed by atoms with Crippen LogP contribution >= 0.6 is 0 Å². The Balaban J connectivity index is 1.82. The molecule has 1 aromatic rings. The van der Waals surface area contributed by atoms with Crippen molar-refractivity contribution in [2.75, 3.05) is 6.54 Å². The van der Waals surface area contributed by atoms with Crippen molar-refractivity contribution in [2.24, 2.45) is 0 Å². The van der Waals surface area contributed by atoms with E-state index in [9.17, 15) is 9.59 Å². The molecule has 1 aliphatic rings. The smallest absolute Gasteiger partial charge is 0.251 e. The molecule has 2 amide bonds. The highest BCUT2D eigenvalue weighted by Crippen LogP contribution is 2.17. The van der Waals surface area contributed by atoms with Crippen molar-refractivity contribution in [3.8, 4) is 0 Å². The molecule has 2 rings (SSSR count). The molecule has 0 radical (unpaired) electrons. The maximum atomic E-state index is 11.9. The van der Waals surface area contributed by atoms with Gasteiger partial charge in [0.15, 0.2) is 0 Å². The molecule has 19 heavy (non-hydrogen) atoms. The van der Waals surface area contributed by atoms with Crippen molar-refractivity contribution < 1.29 is 9.59 Å². The molecule has 1 saturated carbocycles. The van der Waals surface area contributed by atoms with E-state index in [2.05, 4.69) is 10.6 Å². The molecule has 0 bridgehead atoms. The van der Waals surface area contributed by atoms with Crippen LogP contribution in [0.2, 0.25) is 0 Å². The van der Waals surface area contributed by atoms with E-state index in [0.717, 1.165) is 24.0 Å². The zero-order valence-electron chi connectivity index (χ0n) is 11.5. The van der Waals surface area contributed by atoms with E-state index in [-0.39, 0.29) is 18.4 Å². The lowest BCUT2D eigenvalue weighted by Crippen LogP contribution is -2.44. The van der Waals surface area contributed by atoms with Gasteiger partial charge in [-0.2, -0.15) is 0 Å². The number of carbonyl (C=O) groups is 2. The third kappa shape index (κ3) is 3.56. The number of carbonyl (C=O) groups excluding carboxylic acids is 2. The van der Waals surface area contributed by atoms with Crippen LogP contribution in [0.3, 0.4) is 0 Å². The lowest BCUT2D eigenvalue weighted by Gasteiger charge is -2.26. The van der Waals surface area contributed by atoms with Gasteiger partial charge in [0.05, 0.1) is 6.54 Å². The Kier molecular flexibility index (Phi) is 4.20. The van der Waals surface area contributed by atoms with Crippen LogP contribution in [-0.4, -0.2) is 24.4 Å². The zero-order chi connectivity index (χ0) is 13.8. The van der Waals surface area contributed by atoms with E-state index in [4.69, 9.17) is 0 Å². The highest BCUT2D eigenvalue weighted by molar-refractivity contribution is 5.96. The minimum absolute atomic E-state index is 0.0439. The topological polar surface area (TPSA) is 58.2 Å². The van der Waals surface area contributed by atoms with E-state index in [1.807, 2.05) is 26.0 Å². The van der Waals surface area contributed by atoms with Gasteiger partial charge in [0.25, 0.3) is 5.91 Å². The summed E-state index contributed by atoms with van der Waals surface area (Å²) >= 11 is 0. The summed E-state index contributed by atoms with van der Waals surface area (Å²) in [7, 11) is 0. The Hall–Kier alpha value is -1.84. The molecule has 102 valence electrons. The molecule has 1 fully saturated rings. The minimum Gasteiger partial charge on any atom is -0.352 e. The zero-order valence-corrected chi connectivity index (χ0v) is 11.5. The fraction of sp³-hybridized carbons (Fsp3) is 0.467. The van der Waals surface area contributed by atoms with Crippen LogP contribution < -0.4 is 10.6 Å². The number of rotatable bonds is 4.